The topological polar surface area (TPSA) is 77.0 Å². The third-order valence-electron chi connectivity index (χ3n) is 7.52. The van der Waals surface area contributed by atoms with Crippen LogP contribution in [-0.4, -0.2) is 73.9 Å². The molecule has 0 radical (unpaired) electrons. The molecule has 0 spiro atoms. The van der Waals surface area contributed by atoms with Crippen LogP contribution in [0, 0.1) is 35.5 Å². The number of guanidine groups is 1. The van der Waals surface area contributed by atoms with E-state index in [1.54, 1.807) is 7.05 Å². The highest BCUT2D eigenvalue weighted by Gasteiger charge is 2.58. The molecule has 2 heterocycles. The zero-order valence-corrected chi connectivity index (χ0v) is 22.1. The molecule has 1 saturated carbocycles. The molecule has 32 heavy (non-hydrogen) atoms. The number of piperidine rings is 1. The summed E-state index contributed by atoms with van der Waals surface area (Å²) in [5.41, 5.74) is 0. The third-order valence-corrected chi connectivity index (χ3v) is 7.52. The zero-order valence-electron chi connectivity index (χ0n) is 19.8. The number of hydrogen-bond donors (Lipinski definition) is 2. The molecule has 4 rings (SSSR count). The second-order valence-electron chi connectivity index (χ2n) is 10.2. The number of rotatable bonds is 8. The van der Waals surface area contributed by atoms with Crippen LogP contribution in [0.15, 0.2) is 17.1 Å². The highest BCUT2D eigenvalue weighted by atomic mass is 127. The van der Waals surface area contributed by atoms with E-state index in [0.29, 0.717) is 13.1 Å². The van der Waals surface area contributed by atoms with Crippen molar-refractivity contribution in [2.75, 3.05) is 46.3 Å². The van der Waals surface area contributed by atoms with E-state index in [-0.39, 0.29) is 59.5 Å². The van der Waals surface area contributed by atoms with E-state index in [0.717, 1.165) is 50.1 Å². The number of fused-ring (bicyclic) bond motifs is 5. The molecule has 3 fully saturated rings. The van der Waals surface area contributed by atoms with E-state index in [2.05, 4.69) is 46.5 Å². The highest BCUT2D eigenvalue weighted by Crippen LogP contribution is 2.52. The summed E-state index contributed by atoms with van der Waals surface area (Å²) in [5, 5.41) is 6.71. The average molecular weight is 558 g/mol. The lowest BCUT2D eigenvalue weighted by Crippen LogP contribution is -2.42. The summed E-state index contributed by atoms with van der Waals surface area (Å²) in [6.07, 6.45) is 8.45. The molecule has 6 unspecified atom stereocenters. The first-order valence-corrected chi connectivity index (χ1v) is 12.2. The Morgan fingerprint density at radius 2 is 1.47 bits per heavy atom. The first kappa shape index (κ1) is 25.5. The average Bonchev–Trinajstić information content (AvgIpc) is 3.41. The van der Waals surface area contributed by atoms with Crippen LogP contribution in [-0.2, 0) is 9.59 Å². The monoisotopic (exact) mass is 557 g/mol. The first-order chi connectivity index (χ1) is 15.0. The van der Waals surface area contributed by atoms with Gasteiger partial charge in [-0.1, -0.05) is 26.0 Å². The van der Waals surface area contributed by atoms with E-state index in [4.69, 9.17) is 0 Å². The Labute approximate surface area is 209 Å². The summed E-state index contributed by atoms with van der Waals surface area (Å²) in [6, 6.07) is 0. The standard InChI is InChI=1S/C24H39N5O2.HI/c1-16-12-17(2)15-28(14-16)10-4-8-26-24(25-3)27-9-5-11-29-22(30)20-18-6-7-19(13-18)21(20)23(29)31;/h6-7,16-21H,4-5,8-15H2,1-3H3,(H2,25,26,27);1H. The van der Waals surface area contributed by atoms with Crippen LogP contribution in [0.5, 0.6) is 0 Å². The molecule has 2 saturated heterocycles. The van der Waals surface area contributed by atoms with Crippen LogP contribution < -0.4 is 10.6 Å². The molecular weight excluding hydrogens is 517 g/mol. The van der Waals surface area contributed by atoms with E-state index < -0.39 is 0 Å². The number of aliphatic imine (C=N–C) groups is 1. The summed E-state index contributed by atoms with van der Waals surface area (Å²) >= 11 is 0. The number of halogens is 1. The van der Waals surface area contributed by atoms with Crippen molar-refractivity contribution in [3.05, 3.63) is 12.2 Å². The molecule has 2 N–H and O–H groups in total. The van der Waals surface area contributed by atoms with Crippen molar-refractivity contribution >= 4 is 41.8 Å². The Bertz CT molecular complexity index is 702. The number of nitrogens with one attached hydrogen (secondary N) is 2. The first-order valence-electron chi connectivity index (χ1n) is 12.2. The van der Waals surface area contributed by atoms with Crippen LogP contribution in [0.3, 0.4) is 0 Å². The Kier molecular flexibility index (Phi) is 9.00. The Morgan fingerprint density at radius 1 is 0.938 bits per heavy atom. The Morgan fingerprint density at radius 3 is 2.00 bits per heavy atom. The zero-order chi connectivity index (χ0) is 22.0. The van der Waals surface area contributed by atoms with Gasteiger partial charge in [-0.3, -0.25) is 19.5 Å². The summed E-state index contributed by atoms with van der Waals surface area (Å²) in [4.78, 5) is 33.8. The van der Waals surface area contributed by atoms with Crippen molar-refractivity contribution in [2.45, 2.75) is 39.5 Å². The van der Waals surface area contributed by atoms with Crippen molar-refractivity contribution in [3.8, 4) is 0 Å². The second-order valence-corrected chi connectivity index (χ2v) is 10.2. The van der Waals surface area contributed by atoms with Gasteiger partial charge in [-0.2, -0.15) is 0 Å². The lowest BCUT2D eigenvalue weighted by atomic mass is 9.85. The van der Waals surface area contributed by atoms with Gasteiger partial charge >= 0.3 is 0 Å². The molecule has 6 atom stereocenters. The van der Waals surface area contributed by atoms with Crippen LogP contribution >= 0.6 is 24.0 Å². The van der Waals surface area contributed by atoms with E-state index in [9.17, 15) is 9.59 Å². The Hall–Kier alpha value is -1.16. The molecule has 8 heteroatoms. The van der Waals surface area contributed by atoms with Gasteiger partial charge in [0.05, 0.1) is 11.8 Å². The molecule has 2 aliphatic heterocycles. The smallest absolute Gasteiger partial charge is 0.233 e. The van der Waals surface area contributed by atoms with Crippen molar-refractivity contribution in [1.29, 1.82) is 0 Å². The predicted octanol–water partition coefficient (Wildman–Crippen LogP) is 2.33. The number of amides is 2. The van der Waals surface area contributed by atoms with E-state index in [1.165, 1.54) is 24.4 Å². The molecule has 4 aliphatic rings. The molecule has 0 aromatic carbocycles. The predicted molar refractivity (Wildman–Crippen MR) is 138 cm³/mol. The van der Waals surface area contributed by atoms with Crippen LogP contribution in [0.25, 0.3) is 0 Å². The van der Waals surface area contributed by atoms with Crippen molar-refractivity contribution in [3.63, 3.8) is 0 Å². The molecule has 7 nitrogen and oxygen atoms in total. The number of allylic oxidation sites excluding steroid dienone is 2. The maximum Gasteiger partial charge on any atom is 0.233 e. The fourth-order valence-corrected chi connectivity index (χ4v) is 6.33. The summed E-state index contributed by atoms with van der Waals surface area (Å²) in [7, 11) is 1.78. The molecule has 0 aromatic heterocycles. The SMILES string of the molecule is CN=C(NCCCN1CC(C)CC(C)C1)NCCCN1C(=O)C2C3C=CC(C3)C2C1=O.I. The van der Waals surface area contributed by atoms with Gasteiger partial charge in [-0.15, -0.1) is 24.0 Å². The number of hydrogen-bond acceptors (Lipinski definition) is 4. The van der Waals surface area contributed by atoms with E-state index >= 15 is 0 Å². The lowest BCUT2D eigenvalue weighted by Gasteiger charge is -2.35. The maximum absolute atomic E-state index is 12.7. The largest absolute Gasteiger partial charge is 0.356 e. The molecular formula is C24H40IN5O2. The van der Waals surface area contributed by atoms with Gasteiger partial charge in [0.2, 0.25) is 11.8 Å². The van der Waals surface area contributed by atoms with Gasteiger partial charge in [0.25, 0.3) is 0 Å². The number of nitrogens with zero attached hydrogens (tertiary/aromatic N) is 3. The lowest BCUT2D eigenvalue weighted by molar-refractivity contribution is -0.140. The normalized spacial score (nSPS) is 34.1. The number of imide groups is 1. The van der Waals surface area contributed by atoms with Gasteiger partial charge in [0.1, 0.15) is 0 Å². The van der Waals surface area contributed by atoms with Gasteiger partial charge in [0.15, 0.2) is 5.96 Å². The third kappa shape index (κ3) is 5.48. The fraction of sp³-hybridized carbons (Fsp3) is 0.792. The molecule has 2 amide bonds. The van der Waals surface area contributed by atoms with E-state index in [1.807, 2.05) is 0 Å². The maximum atomic E-state index is 12.7. The summed E-state index contributed by atoms with van der Waals surface area (Å²) in [5.74, 6) is 2.89. The van der Waals surface area contributed by atoms with Gasteiger partial charge in [-0.25, -0.2) is 0 Å². The minimum Gasteiger partial charge on any atom is -0.356 e. The van der Waals surface area contributed by atoms with Gasteiger partial charge < -0.3 is 15.5 Å². The van der Waals surface area contributed by atoms with Crippen molar-refractivity contribution < 1.29 is 9.59 Å². The fourth-order valence-electron chi connectivity index (χ4n) is 6.33. The Balaban J connectivity index is 0.00000289. The van der Waals surface area contributed by atoms with Crippen LogP contribution in [0.4, 0.5) is 0 Å². The van der Waals surface area contributed by atoms with Crippen LogP contribution in [0.1, 0.15) is 39.5 Å². The summed E-state index contributed by atoms with van der Waals surface area (Å²) in [6.45, 7) is 10.3. The molecule has 180 valence electrons. The highest BCUT2D eigenvalue weighted by molar-refractivity contribution is 14.0. The number of carbonyl (C=O) groups excluding carboxylic acids is 2. The number of carbonyl (C=O) groups is 2. The summed E-state index contributed by atoms with van der Waals surface area (Å²) < 4.78 is 0. The van der Waals surface area contributed by atoms with Crippen LogP contribution in [0.2, 0.25) is 0 Å². The van der Waals surface area contributed by atoms with Crippen molar-refractivity contribution in [2.24, 2.45) is 40.5 Å². The molecule has 0 aromatic rings. The minimum absolute atomic E-state index is 0. The van der Waals surface area contributed by atoms with Gasteiger partial charge in [-0.05, 0) is 55.9 Å². The quantitative estimate of drug-likeness (QED) is 0.120. The number of likely N-dealkylation sites (tertiary alicyclic amines) is 2. The molecule has 2 aliphatic carbocycles. The van der Waals surface area contributed by atoms with Crippen molar-refractivity contribution in [1.82, 2.24) is 20.4 Å². The molecule has 2 bridgehead atoms. The second kappa shape index (κ2) is 11.3. The minimum atomic E-state index is -0.0872. The van der Waals surface area contributed by atoms with Gasteiger partial charge in [0, 0.05) is 39.8 Å².